The van der Waals surface area contributed by atoms with E-state index in [2.05, 4.69) is 15.0 Å². The van der Waals surface area contributed by atoms with E-state index in [-0.39, 0.29) is 24.7 Å². The summed E-state index contributed by atoms with van der Waals surface area (Å²) < 4.78 is 0. The number of aromatic nitrogens is 3. The Balaban J connectivity index is 2.15. The lowest BCUT2D eigenvalue weighted by atomic mass is 10.3. The molecule has 0 radical (unpaired) electrons. The number of nitrogens with one attached hydrogen (secondary N) is 1. The number of aromatic amines is 1. The Hall–Kier alpha value is -2.24. The highest BCUT2D eigenvalue weighted by atomic mass is 16.2. The number of Topliss-reactive ketones (excluding diaryl/α,β-unsaturated/α-hetero) is 1. The third-order valence-corrected chi connectivity index (χ3v) is 2.57. The zero-order valence-corrected chi connectivity index (χ0v) is 8.30. The average Bonchev–Trinajstić information content (AvgIpc) is 2.84. The van der Waals surface area contributed by atoms with E-state index in [1.165, 1.54) is 11.2 Å². The summed E-state index contributed by atoms with van der Waals surface area (Å²) in [6, 6.07) is 1.79. The molecule has 16 heavy (non-hydrogen) atoms. The van der Waals surface area contributed by atoms with Crippen molar-refractivity contribution in [1.82, 2.24) is 15.0 Å². The van der Waals surface area contributed by atoms with Crippen molar-refractivity contribution in [2.45, 2.75) is 6.42 Å². The van der Waals surface area contributed by atoms with Gasteiger partial charge in [-0.2, -0.15) is 0 Å². The minimum atomic E-state index is -0.203. The van der Waals surface area contributed by atoms with E-state index in [1.54, 1.807) is 12.3 Å². The van der Waals surface area contributed by atoms with Crippen molar-refractivity contribution in [3.05, 3.63) is 18.6 Å². The molecule has 0 spiro atoms. The number of hydrogen-bond acceptors (Lipinski definition) is 4. The highest BCUT2D eigenvalue weighted by molar-refractivity contribution is 6.16. The molecule has 6 nitrogen and oxygen atoms in total. The number of amides is 1. The minimum Gasteiger partial charge on any atom is -0.346 e. The van der Waals surface area contributed by atoms with Crippen LogP contribution in [-0.4, -0.2) is 33.2 Å². The molecule has 0 atom stereocenters. The molecule has 0 aromatic carbocycles. The molecule has 1 N–H and O–H groups in total. The maximum atomic E-state index is 11.6. The van der Waals surface area contributed by atoms with Gasteiger partial charge in [0.05, 0.1) is 18.4 Å². The van der Waals surface area contributed by atoms with Crippen molar-refractivity contribution < 1.29 is 9.59 Å². The zero-order valence-electron chi connectivity index (χ0n) is 8.30. The van der Waals surface area contributed by atoms with Crippen LogP contribution in [0.3, 0.4) is 0 Å². The Bertz CT molecular complexity index is 589. The Kier molecular flexibility index (Phi) is 1.76. The quantitative estimate of drug-likeness (QED) is 0.693. The fourth-order valence-corrected chi connectivity index (χ4v) is 1.85. The van der Waals surface area contributed by atoms with E-state index >= 15 is 0 Å². The zero-order chi connectivity index (χ0) is 11.1. The predicted molar refractivity (Wildman–Crippen MR) is 55.9 cm³/mol. The summed E-state index contributed by atoms with van der Waals surface area (Å²) in [4.78, 5) is 35.2. The lowest BCUT2D eigenvalue weighted by Crippen LogP contribution is -2.25. The van der Waals surface area contributed by atoms with Crippen LogP contribution in [0.25, 0.3) is 11.0 Å². The summed E-state index contributed by atoms with van der Waals surface area (Å²) in [6.45, 7) is 0.107. The van der Waals surface area contributed by atoms with Gasteiger partial charge < -0.3 is 4.98 Å². The molecule has 2 aromatic heterocycles. The molecular formula is C10H8N4O2. The first-order valence-electron chi connectivity index (χ1n) is 4.86. The molecular weight excluding hydrogens is 208 g/mol. The molecule has 3 rings (SSSR count). The van der Waals surface area contributed by atoms with Gasteiger partial charge in [-0.05, 0) is 6.07 Å². The molecule has 1 saturated heterocycles. The Labute approximate surface area is 90.3 Å². The fraction of sp³-hybridized carbons (Fsp3) is 0.200. The smallest absolute Gasteiger partial charge is 0.236 e. The number of fused-ring (bicyclic) bond motifs is 1. The molecule has 1 aliphatic rings. The van der Waals surface area contributed by atoms with E-state index < -0.39 is 0 Å². The molecule has 80 valence electrons. The van der Waals surface area contributed by atoms with Gasteiger partial charge in [0.1, 0.15) is 17.8 Å². The first-order valence-corrected chi connectivity index (χ1v) is 4.86. The number of anilines is 1. The van der Waals surface area contributed by atoms with E-state index in [0.29, 0.717) is 11.5 Å². The topological polar surface area (TPSA) is 79.0 Å². The van der Waals surface area contributed by atoms with Gasteiger partial charge in [-0.1, -0.05) is 0 Å². The summed E-state index contributed by atoms with van der Waals surface area (Å²) in [7, 11) is 0. The summed E-state index contributed by atoms with van der Waals surface area (Å²) in [5.41, 5.74) is 0.664. The Morgan fingerprint density at radius 1 is 1.31 bits per heavy atom. The van der Waals surface area contributed by atoms with Crippen LogP contribution < -0.4 is 4.90 Å². The van der Waals surface area contributed by atoms with Crippen molar-refractivity contribution in [2.75, 3.05) is 11.4 Å². The second kappa shape index (κ2) is 3.13. The summed E-state index contributed by atoms with van der Waals surface area (Å²) in [5, 5.41) is 0.755. The van der Waals surface area contributed by atoms with Gasteiger partial charge in [-0.25, -0.2) is 9.97 Å². The normalized spacial score (nSPS) is 16.4. The first kappa shape index (κ1) is 9.02. The van der Waals surface area contributed by atoms with Gasteiger partial charge in [0.25, 0.3) is 0 Å². The standard InChI is InChI=1S/C10H8N4O2/c15-6-3-8(16)14(4-6)10-7-1-2-11-9(7)12-5-13-10/h1-2,5H,3-4H2,(H,11,12,13). The molecule has 0 unspecified atom stereocenters. The van der Waals surface area contributed by atoms with Crippen LogP contribution in [0.4, 0.5) is 5.82 Å². The molecule has 3 heterocycles. The SMILES string of the molecule is O=C1CC(=O)N(c2ncnc3[nH]ccc23)C1. The first-order chi connectivity index (χ1) is 7.75. The van der Waals surface area contributed by atoms with Crippen LogP contribution in [0.15, 0.2) is 18.6 Å². The van der Waals surface area contributed by atoms with Crippen LogP contribution in [0.1, 0.15) is 6.42 Å². The number of carbonyl (C=O) groups excluding carboxylic acids is 2. The van der Waals surface area contributed by atoms with Gasteiger partial charge in [-0.3, -0.25) is 14.5 Å². The summed E-state index contributed by atoms with van der Waals surface area (Å²) in [5.74, 6) is 0.223. The molecule has 2 aromatic rings. The number of nitrogens with zero attached hydrogens (tertiary/aromatic N) is 3. The highest BCUT2D eigenvalue weighted by Gasteiger charge is 2.30. The van der Waals surface area contributed by atoms with Gasteiger partial charge in [-0.15, -0.1) is 0 Å². The lowest BCUT2D eigenvalue weighted by molar-refractivity contribution is -0.121. The second-order valence-corrected chi connectivity index (χ2v) is 3.63. The van der Waals surface area contributed by atoms with Crippen molar-refractivity contribution in [2.24, 2.45) is 0 Å². The van der Waals surface area contributed by atoms with Crippen molar-refractivity contribution in [3.8, 4) is 0 Å². The van der Waals surface area contributed by atoms with Crippen LogP contribution >= 0.6 is 0 Å². The van der Waals surface area contributed by atoms with Crippen molar-refractivity contribution in [3.63, 3.8) is 0 Å². The van der Waals surface area contributed by atoms with E-state index in [1.807, 2.05) is 0 Å². The number of carbonyl (C=O) groups is 2. The predicted octanol–water partition coefficient (Wildman–Crippen LogP) is 0.264. The van der Waals surface area contributed by atoms with Gasteiger partial charge >= 0.3 is 0 Å². The molecule has 0 bridgehead atoms. The molecule has 1 aliphatic heterocycles. The van der Waals surface area contributed by atoms with Gasteiger partial charge in [0.2, 0.25) is 5.91 Å². The largest absolute Gasteiger partial charge is 0.346 e. The maximum absolute atomic E-state index is 11.6. The summed E-state index contributed by atoms with van der Waals surface area (Å²) >= 11 is 0. The summed E-state index contributed by atoms with van der Waals surface area (Å²) in [6.07, 6.45) is 3.07. The van der Waals surface area contributed by atoms with Crippen LogP contribution in [0.5, 0.6) is 0 Å². The third-order valence-electron chi connectivity index (χ3n) is 2.57. The number of rotatable bonds is 1. The van der Waals surface area contributed by atoms with E-state index in [0.717, 1.165) is 5.39 Å². The number of hydrogen-bond donors (Lipinski definition) is 1. The fourth-order valence-electron chi connectivity index (χ4n) is 1.85. The molecule has 6 heteroatoms. The second-order valence-electron chi connectivity index (χ2n) is 3.63. The van der Waals surface area contributed by atoms with Crippen LogP contribution in [0.2, 0.25) is 0 Å². The van der Waals surface area contributed by atoms with E-state index in [4.69, 9.17) is 0 Å². The van der Waals surface area contributed by atoms with Gasteiger partial charge in [0, 0.05) is 6.20 Å². The van der Waals surface area contributed by atoms with Crippen molar-refractivity contribution in [1.29, 1.82) is 0 Å². The monoisotopic (exact) mass is 216 g/mol. The molecule has 0 saturated carbocycles. The average molecular weight is 216 g/mol. The number of H-pyrrole nitrogens is 1. The van der Waals surface area contributed by atoms with Crippen LogP contribution in [0, 0.1) is 0 Å². The third kappa shape index (κ3) is 1.19. The number of ketones is 1. The Morgan fingerprint density at radius 3 is 2.94 bits per heavy atom. The Morgan fingerprint density at radius 2 is 2.19 bits per heavy atom. The lowest BCUT2D eigenvalue weighted by Gasteiger charge is -2.13. The minimum absolute atomic E-state index is 0.0318. The molecule has 0 aliphatic carbocycles. The van der Waals surface area contributed by atoms with Gasteiger partial charge in [0.15, 0.2) is 5.78 Å². The van der Waals surface area contributed by atoms with Crippen molar-refractivity contribution >= 4 is 28.5 Å². The maximum Gasteiger partial charge on any atom is 0.236 e. The van der Waals surface area contributed by atoms with E-state index in [9.17, 15) is 9.59 Å². The molecule has 1 amide bonds. The molecule has 1 fully saturated rings. The highest BCUT2D eigenvalue weighted by Crippen LogP contribution is 2.24. The van der Waals surface area contributed by atoms with Crippen LogP contribution in [-0.2, 0) is 9.59 Å².